The highest BCUT2D eigenvalue weighted by molar-refractivity contribution is 6.46. The van der Waals surface area contributed by atoms with Crippen LogP contribution < -0.4 is 9.47 Å². The van der Waals surface area contributed by atoms with Gasteiger partial charge in [-0.2, -0.15) is 0 Å². The molecule has 1 amide bonds. The van der Waals surface area contributed by atoms with E-state index in [2.05, 4.69) is 25.7 Å². The quantitative estimate of drug-likeness (QED) is 0.179. The molecule has 1 saturated heterocycles. The molecular weight excluding hydrogens is 480 g/mol. The number of carbonyl (C=O) groups is 2. The summed E-state index contributed by atoms with van der Waals surface area (Å²) in [5.41, 5.74) is 1.12. The van der Waals surface area contributed by atoms with Crippen molar-refractivity contribution in [1.29, 1.82) is 0 Å². The summed E-state index contributed by atoms with van der Waals surface area (Å²) >= 11 is 6.01. The molecule has 1 heterocycles. The van der Waals surface area contributed by atoms with Crippen LogP contribution in [0, 0.1) is 0 Å². The minimum Gasteiger partial charge on any atom is -0.507 e. The monoisotopic (exact) mass is 514 g/mol. The third-order valence-corrected chi connectivity index (χ3v) is 6.72. The first-order valence-corrected chi connectivity index (χ1v) is 12.8. The Bertz CT molecular complexity index is 1100. The lowest BCUT2D eigenvalue weighted by Gasteiger charge is -2.28. The van der Waals surface area contributed by atoms with E-state index in [0.717, 1.165) is 25.9 Å². The zero-order valence-electron chi connectivity index (χ0n) is 21.4. The third-order valence-electron chi connectivity index (χ3n) is 6.47. The second kappa shape index (κ2) is 12.8. The largest absolute Gasteiger partial charge is 0.507 e. The predicted octanol–water partition coefficient (Wildman–Crippen LogP) is 5.29. The molecule has 3 rings (SSSR count). The number of hydrogen-bond acceptors (Lipinski definition) is 6. The van der Waals surface area contributed by atoms with Crippen molar-refractivity contribution >= 4 is 29.1 Å². The number of unbranched alkanes of at least 4 members (excludes halogenated alkanes) is 1. The number of halogens is 1. The van der Waals surface area contributed by atoms with Crippen LogP contribution in [0.5, 0.6) is 11.5 Å². The molecule has 8 heteroatoms. The maximum absolute atomic E-state index is 13.3. The van der Waals surface area contributed by atoms with E-state index >= 15 is 0 Å². The van der Waals surface area contributed by atoms with E-state index in [9.17, 15) is 14.7 Å². The summed E-state index contributed by atoms with van der Waals surface area (Å²) in [7, 11) is 1.55. The molecule has 0 bridgehead atoms. The van der Waals surface area contributed by atoms with Crippen molar-refractivity contribution in [1.82, 2.24) is 9.80 Å². The molecule has 2 aromatic rings. The average molecular weight is 515 g/mol. The molecule has 1 aliphatic heterocycles. The van der Waals surface area contributed by atoms with Gasteiger partial charge in [-0.3, -0.25) is 9.59 Å². The molecule has 7 nitrogen and oxygen atoms in total. The van der Waals surface area contributed by atoms with E-state index in [-0.39, 0.29) is 11.3 Å². The second-order valence-corrected chi connectivity index (χ2v) is 9.08. The predicted molar refractivity (Wildman–Crippen MR) is 142 cm³/mol. The Morgan fingerprint density at radius 1 is 1.06 bits per heavy atom. The Balaban J connectivity index is 2.09. The molecule has 2 aromatic carbocycles. The van der Waals surface area contributed by atoms with E-state index in [4.69, 9.17) is 21.1 Å². The van der Waals surface area contributed by atoms with Crippen LogP contribution in [0.1, 0.15) is 50.8 Å². The van der Waals surface area contributed by atoms with Crippen molar-refractivity contribution in [3.63, 3.8) is 0 Å². The number of rotatable bonds is 12. The molecule has 0 saturated carbocycles. The maximum Gasteiger partial charge on any atom is 0.295 e. The number of likely N-dealkylation sites (N-methyl/N-ethyl adjacent to an activating group) is 1. The lowest BCUT2D eigenvalue weighted by molar-refractivity contribution is -0.140. The van der Waals surface area contributed by atoms with Gasteiger partial charge in [0.2, 0.25) is 0 Å². The van der Waals surface area contributed by atoms with Crippen molar-refractivity contribution in [2.45, 2.75) is 39.7 Å². The maximum atomic E-state index is 13.3. The summed E-state index contributed by atoms with van der Waals surface area (Å²) in [5, 5.41) is 11.7. The van der Waals surface area contributed by atoms with E-state index in [1.807, 2.05) is 6.07 Å². The number of Topliss-reactive ketones (excluding diaryl/α,β-unsaturated/α-hetero) is 1. The number of hydrogen-bond donors (Lipinski definition) is 1. The summed E-state index contributed by atoms with van der Waals surface area (Å²) in [4.78, 5) is 30.2. The van der Waals surface area contributed by atoms with Gasteiger partial charge >= 0.3 is 0 Å². The molecule has 0 radical (unpaired) electrons. The number of likely N-dealkylation sites (tertiary alicyclic amines) is 1. The molecule has 0 aromatic heterocycles. The van der Waals surface area contributed by atoms with E-state index < -0.39 is 17.7 Å². The zero-order valence-corrected chi connectivity index (χ0v) is 22.2. The van der Waals surface area contributed by atoms with Crippen molar-refractivity contribution in [3.8, 4) is 11.5 Å². The van der Waals surface area contributed by atoms with Gasteiger partial charge in [-0.1, -0.05) is 44.9 Å². The van der Waals surface area contributed by atoms with Gasteiger partial charge < -0.3 is 24.4 Å². The minimum atomic E-state index is -0.769. The molecule has 1 fully saturated rings. The molecule has 1 aliphatic rings. The Hall–Kier alpha value is -3.03. The van der Waals surface area contributed by atoms with Crippen molar-refractivity contribution in [2.75, 3.05) is 39.9 Å². The average Bonchev–Trinajstić information content (AvgIpc) is 3.14. The van der Waals surface area contributed by atoms with Crippen LogP contribution in [-0.4, -0.2) is 66.5 Å². The van der Waals surface area contributed by atoms with Crippen LogP contribution in [0.4, 0.5) is 0 Å². The molecular formula is C28H35ClN2O5. The van der Waals surface area contributed by atoms with Gasteiger partial charge in [0.1, 0.15) is 5.76 Å². The topological polar surface area (TPSA) is 79.3 Å². The second-order valence-electron chi connectivity index (χ2n) is 8.64. The molecule has 194 valence electrons. The number of carbonyl (C=O) groups excluding carboxylic acids is 2. The SMILES string of the molecule is CCCCOc1ccc(C2C(=C(O)c3ccc(Cl)cc3)C(=O)C(=O)N2CCN(CC)CC)cc1OC. The van der Waals surface area contributed by atoms with Crippen LogP contribution >= 0.6 is 11.6 Å². The van der Waals surface area contributed by atoms with Gasteiger partial charge in [-0.15, -0.1) is 0 Å². The summed E-state index contributed by atoms with van der Waals surface area (Å²) in [6.45, 7) is 9.35. The van der Waals surface area contributed by atoms with E-state index in [0.29, 0.717) is 47.3 Å². The van der Waals surface area contributed by atoms with Crippen molar-refractivity contribution < 1.29 is 24.2 Å². The smallest absolute Gasteiger partial charge is 0.295 e. The molecule has 36 heavy (non-hydrogen) atoms. The summed E-state index contributed by atoms with van der Waals surface area (Å²) in [5.74, 6) is -0.487. The number of aliphatic hydroxyl groups is 1. The Morgan fingerprint density at radius 2 is 1.75 bits per heavy atom. The number of ketones is 1. The number of aliphatic hydroxyl groups excluding tert-OH is 1. The lowest BCUT2D eigenvalue weighted by atomic mass is 9.95. The number of ether oxygens (including phenoxy) is 2. The van der Waals surface area contributed by atoms with Crippen LogP contribution in [0.2, 0.25) is 5.02 Å². The molecule has 0 aliphatic carbocycles. The lowest BCUT2D eigenvalue weighted by Crippen LogP contribution is -2.38. The van der Waals surface area contributed by atoms with Gasteiger partial charge in [0.05, 0.1) is 25.3 Å². The van der Waals surface area contributed by atoms with Crippen LogP contribution in [0.15, 0.2) is 48.0 Å². The first-order valence-electron chi connectivity index (χ1n) is 12.4. The summed E-state index contributed by atoms with van der Waals surface area (Å²) < 4.78 is 11.4. The first-order chi connectivity index (χ1) is 17.4. The Morgan fingerprint density at radius 3 is 2.36 bits per heavy atom. The molecule has 1 N–H and O–H groups in total. The Labute approximate surface area is 218 Å². The fourth-order valence-corrected chi connectivity index (χ4v) is 4.44. The minimum absolute atomic E-state index is 0.0450. The molecule has 1 atom stereocenters. The number of methoxy groups -OCH3 is 1. The van der Waals surface area contributed by atoms with Gasteiger partial charge in [0.15, 0.2) is 11.5 Å². The van der Waals surface area contributed by atoms with Crippen LogP contribution in [-0.2, 0) is 9.59 Å². The standard InChI is InChI=1S/C28H35ClN2O5/c1-5-8-17-36-22-14-11-20(18-23(22)35-4)25-24(26(32)19-9-12-21(29)13-10-19)27(33)28(34)31(25)16-15-30(6-2)7-3/h9-14,18,25,32H,5-8,15-17H2,1-4H3. The Kier molecular flexibility index (Phi) is 9.79. The van der Waals surface area contributed by atoms with Gasteiger partial charge in [-0.05, 0) is 61.5 Å². The van der Waals surface area contributed by atoms with Gasteiger partial charge in [0, 0.05) is 23.7 Å². The summed E-state index contributed by atoms with van der Waals surface area (Å²) in [6.07, 6.45) is 1.92. The number of nitrogens with zero attached hydrogens (tertiary/aromatic N) is 2. The highest BCUT2D eigenvalue weighted by Gasteiger charge is 2.46. The van der Waals surface area contributed by atoms with Crippen LogP contribution in [0.3, 0.4) is 0 Å². The van der Waals surface area contributed by atoms with Crippen LogP contribution in [0.25, 0.3) is 5.76 Å². The fraction of sp³-hybridized carbons (Fsp3) is 0.429. The first kappa shape index (κ1) is 27.6. The third kappa shape index (κ3) is 6.02. The molecule has 1 unspecified atom stereocenters. The van der Waals surface area contributed by atoms with Crippen molar-refractivity contribution in [2.24, 2.45) is 0 Å². The number of amides is 1. The zero-order chi connectivity index (χ0) is 26.2. The normalized spacial score (nSPS) is 17.2. The summed E-state index contributed by atoms with van der Waals surface area (Å²) in [6, 6.07) is 11.1. The van der Waals surface area contributed by atoms with Crippen molar-refractivity contribution in [3.05, 3.63) is 64.2 Å². The highest BCUT2D eigenvalue weighted by Crippen LogP contribution is 2.42. The highest BCUT2D eigenvalue weighted by atomic mass is 35.5. The van der Waals surface area contributed by atoms with E-state index in [1.54, 1.807) is 43.5 Å². The fourth-order valence-electron chi connectivity index (χ4n) is 4.31. The number of benzene rings is 2. The van der Waals surface area contributed by atoms with E-state index in [1.165, 1.54) is 4.90 Å². The van der Waals surface area contributed by atoms with Gasteiger partial charge in [0.25, 0.3) is 11.7 Å². The molecule has 0 spiro atoms. The van der Waals surface area contributed by atoms with Gasteiger partial charge in [-0.25, -0.2) is 0 Å².